The smallest absolute Gasteiger partial charge is 0.267 e. The Morgan fingerprint density at radius 2 is 1.56 bits per heavy atom. The van der Waals surface area contributed by atoms with Gasteiger partial charge in [-0.2, -0.15) is 0 Å². The van der Waals surface area contributed by atoms with Crippen molar-refractivity contribution in [1.29, 1.82) is 0 Å². The Kier molecular flexibility index (Phi) is 8.36. The number of nitrogens with one attached hydrogen (secondary N) is 2. The molecular formula is C24H29N5O3. The second-order valence-corrected chi connectivity index (χ2v) is 7.84. The number of benzene rings is 2. The first-order chi connectivity index (χ1) is 15.5. The Balaban J connectivity index is 1.56. The zero-order chi connectivity index (χ0) is 22.9. The second kappa shape index (κ2) is 11.4. The molecule has 1 aliphatic heterocycles. The van der Waals surface area contributed by atoms with Crippen molar-refractivity contribution in [3.63, 3.8) is 0 Å². The molecule has 0 aliphatic carbocycles. The van der Waals surface area contributed by atoms with Crippen LogP contribution in [0.5, 0.6) is 0 Å². The van der Waals surface area contributed by atoms with E-state index in [0.717, 1.165) is 43.9 Å². The predicted octanol–water partition coefficient (Wildman–Crippen LogP) is 0.396. The highest BCUT2D eigenvalue weighted by Crippen LogP contribution is 2.10. The summed E-state index contributed by atoms with van der Waals surface area (Å²) in [6, 6.07) is 14.0. The van der Waals surface area contributed by atoms with Crippen LogP contribution in [0.4, 0.5) is 0 Å². The molecule has 2 aromatic rings. The molecular weight excluding hydrogens is 406 g/mol. The summed E-state index contributed by atoms with van der Waals surface area (Å²) in [4.78, 5) is 28.5. The topological polar surface area (TPSA) is 111 Å². The van der Waals surface area contributed by atoms with Gasteiger partial charge in [0.1, 0.15) is 6.04 Å². The van der Waals surface area contributed by atoms with E-state index in [9.17, 15) is 9.59 Å². The van der Waals surface area contributed by atoms with Gasteiger partial charge in [-0.25, -0.2) is 5.48 Å². The number of hydrogen-bond donors (Lipinski definition) is 4. The van der Waals surface area contributed by atoms with Gasteiger partial charge in [-0.3, -0.25) is 19.7 Å². The molecule has 2 amide bonds. The molecule has 8 nitrogen and oxygen atoms in total. The van der Waals surface area contributed by atoms with Gasteiger partial charge in [-0.1, -0.05) is 24.0 Å². The van der Waals surface area contributed by atoms with Crippen LogP contribution in [0.15, 0.2) is 48.5 Å². The molecule has 0 radical (unpaired) electrons. The second-order valence-electron chi connectivity index (χ2n) is 7.84. The van der Waals surface area contributed by atoms with Gasteiger partial charge in [0.15, 0.2) is 0 Å². The van der Waals surface area contributed by atoms with Crippen molar-refractivity contribution < 1.29 is 14.8 Å². The molecule has 32 heavy (non-hydrogen) atoms. The van der Waals surface area contributed by atoms with Crippen LogP contribution in [0.3, 0.4) is 0 Å². The number of hydrogen-bond acceptors (Lipinski definition) is 6. The van der Waals surface area contributed by atoms with Crippen molar-refractivity contribution in [1.82, 2.24) is 20.6 Å². The normalized spacial score (nSPS) is 15.3. The summed E-state index contributed by atoms with van der Waals surface area (Å²) >= 11 is 0. The first-order valence-electron chi connectivity index (χ1n) is 10.6. The highest BCUT2D eigenvalue weighted by molar-refractivity contribution is 5.97. The molecule has 0 unspecified atom stereocenters. The van der Waals surface area contributed by atoms with Crippen LogP contribution in [0.25, 0.3) is 0 Å². The molecule has 168 valence electrons. The van der Waals surface area contributed by atoms with Gasteiger partial charge in [0.25, 0.3) is 11.8 Å². The van der Waals surface area contributed by atoms with Gasteiger partial charge in [-0.15, -0.1) is 0 Å². The van der Waals surface area contributed by atoms with E-state index in [4.69, 9.17) is 10.9 Å². The molecule has 0 bridgehead atoms. The Bertz CT molecular complexity index is 971. The van der Waals surface area contributed by atoms with Crippen LogP contribution in [-0.2, 0) is 11.3 Å². The third-order valence-corrected chi connectivity index (χ3v) is 5.42. The monoisotopic (exact) mass is 435 g/mol. The number of piperazine rings is 1. The molecule has 2 aromatic carbocycles. The van der Waals surface area contributed by atoms with Crippen molar-refractivity contribution in [2.24, 2.45) is 5.73 Å². The molecule has 8 heteroatoms. The van der Waals surface area contributed by atoms with Crippen LogP contribution in [0.2, 0.25) is 0 Å². The van der Waals surface area contributed by atoms with Crippen LogP contribution < -0.4 is 16.5 Å². The fourth-order valence-corrected chi connectivity index (χ4v) is 3.36. The maximum Gasteiger partial charge on any atom is 0.267 e. The summed E-state index contributed by atoms with van der Waals surface area (Å²) in [5.74, 6) is 5.01. The van der Waals surface area contributed by atoms with E-state index < -0.39 is 17.9 Å². The van der Waals surface area contributed by atoms with Crippen LogP contribution >= 0.6 is 0 Å². The number of amides is 2. The van der Waals surface area contributed by atoms with Gasteiger partial charge >= 0.3 is 0 Å². The Morgan fingerprint density at radius 3 is 2.09 bits per heavy atom. The number of hydroxylamine groups is 1. The number of carbonyl (C=O) groups excluding carboxylic acids is 2. The van der Waals surface area contributed by atoms with Crippen molar-refractivity contribution in [2.45, 2.75) is 12.6 Å². The quantitative estimate of drug-likeness (QED) is 0.297. The fourth-order valence-electron chi connectivity index (χ4n) is 3.36. The van der Waals surface area contributed by atoms with E-state index in [1.165, 1.54) is 11.0 Å². The molecule has 1 atom stereocenters. The summed E-state index contributed by atoms with van der Waals surface area (Å²) < 4.78 is 0. The largest absolute Gasteiger partial charge is 0.339 e. The summed E-state index contributed by atoms with van der Waals surface area (Å²) in [5.41, 5.74) is 10.3. The number of nitrogens with two attached hydrogens (primary N) is 1. The summed E-state index contributed by atoms with van der Waals surface area (Å²) in [6.45, 7) is 5.22. The van der Waals surface area contributed by atoms with E-state index >= 15 is 0 Å². The molecule has 0 aromatic heterocycles. The number of carbonyl (C=O) groups is 2. The van der Waals surface area contributed by atoms with Crippen molar-refractivity contribution in [3.05, 3.63) is 70.8 Å². The lowest BCUT2D eigenvalue weighted by Crippen LogP contribution is -2.50. The average Bonchev–Trinajstić information content (AvgIpc) is 2.83. The van der Waals surface area contributed by atoms with Gasteiger partial charge in [-0.05, 0) is 49.0 Å². The lowest BCUT2D eigenvalue weighted by Gasteiger charge is -2.32. The van der Waals surface area contributed by atoms with Crippen molar-refractivity contribution in [3.8, 4) is 11.8 Å². The van der Waals surface area contributed by atoms with Gasteiger partial charge in [0.05, 0.1) is 0 Å². The summed E-state index contributed by atoms with van der Waals surface area (Å²) in [7, 11) is 2.16. The minimum atomic E-state index is -1.01. The van der Waals surface area contributed by atoms with E-state index in [0.29, 0.717) is 5.56 Å². The zero-order valence-corrected chi connectivity index (χ0v) is 18.2. The lowest BCUT2D eigenvalue weighted by molar-refractivity contribution is -0.130. The SMILES string of the molecule is CN1CCN(Cc2ccc(C#Cc3ccc(C(=O)N[C@@H](CN)C(=O)NO)cc3)cc2)CC1. The first-order valence-corrected chi connectivity index (χ1v) is 10.6. The van der Waals surface area contributed by atoms with Gasteiger partial charge < -0.3 is 16.0 Å². The average molecular weight is 436 g/mol. The minimum Gasteiger partial charge on any atom is -0.339 e. The predicted molar refractivity (Wildman–Crippen MR) is 122 cm³/mol. The lowest BCUT2D eigenvalue weighted by atomic mass is 10.1. The van der Waals surface area contributed by atoms with Crippen LogP contribution in [-0.4, -0.2) is 72.6 Å². The van der Waals surface area contributed by atoms with Crippen LogP contribution in [0.1, 0.15) is 27.0 Å². The molecule has 1 aliphatic rings. The standard InChI is InChI=1S/C24H29N5O3/c1-28-12-14-29(15-13-28)17-20-6-4-18(5-7-20)2-3-19-8-10-21(11-9-19)23(30)26-22(16-25)24(31)27-32/h4-11,22,32H,12-17,25H2,1H3,(H,26,30)(H,27,31)/t22-/m0/s1. The maximum absolute atomic E-state index is 12.2. The fraction of sp³-hybridized carbons (Fsp3) is 0.333. The number of likely N-dealkylation sites (N-methyl/N-ethyl adjacent to an activating group) is 1. The Labute approximate surface area is 188 Å². The van der Waals surface area contributed by atoms with E-state index in [-0.39, 0.29) is 6.54 Å². The summed E-state index contributed by atoms with van der Waals surface area (Å²) in [5, 5.41) is 11.2. The van der Waals surface area contributed by atoms with Crippen molar-refractivity contribution in [2.75, 3.05) is 39.8 Å². The maximum atomic E-state index is 12.2. The number of nitrogens with zero attached hydrogens (tertiary/aromatic N) is 2. The molecule has 1 fully saturated rings. The van der Waals surface area contributed by atoms with E-state index in [1.54, 1.807) is 24.3 Å². The van der Waals surface area contributed by atoms with E-state index in [2.05, 4.69) is 46.1 Å². The molecule has 0 spiro atoms. The zero-order valence-electron chi connectivity index (χ0n) is 18.2. The molecule has 1 heterocycles. The van der Waals surface area contributed by atoms with Crippen LogP contribution in [0, 0.1) is 11.8 Å². The van der Waals surface area contributed by atoms with Crippen molar-refractivity contribution >= 4 is 11.8 Å². The molecule has 0 saturated carbocycles. The summed E-state index contributed by atoms with van der Waals surface area (Å²) in [6.07, 6.45) is 0. The van der Waals surface area contributed by atoms with E-state index in [1.807, 2.05) is 12.1 Å². The third kappa shape index (κ3) is 6.64. The molecule has 5 N–H and O–H groups in total. The molecule has 1 saturated heterocycles. The Hall–Kier alpha value is -3.22. The minimum absolute atomic E-state index is 0.129. The van der Waals surface area contributed by atoms with Gasteiger partial charge in [0, 0.05) is 56.0 Å². The third-order valence-electron chi connectivity index (χ3n) is 5.42. The number of rotatable bonds is 6. The molecule has 3 rings (SSSR count). The Morgan fingerprint density at radius 1 is 1.00 bits per heavy atom. The highest BCUT2D eigenvalue weighted by atomic mass is 16.5. The highest BCUT2D eigenvalue weighted by Gasteiger charge is 2.19. The van der Waals surface area contributed by atoms with Gasteiger partial charge in [0.2, 0.25) is 0 Å². The first kappa shape index (κ1) is 23.4.